The van der Waals surface area contributed by atoms with Crippen LogP contribution in [0.15, 0.2) is 24.5 Å². The predicted molar refractivity (Wildman–Crippen MR) is 33.8 cm³/mol. The molecule has 0 aliphatic rings. The van der Waals surface area contributed by atoms with Gasteiger partial charge in [-0.25, -0.2) is 4.39 Å². The molecule has 1 rings (SSSR count). The van der Waals surface area contributed by atoms with Crippen LogP contribution in [0.25, 0.3) is 0 Å². The topological polar surface area (TPSA) is 24.9 Å². The molecule has 0 amide bonds. The Bertz CT molecular complexity index is 164. The van der Waals surface area contributed by atoms with E-state index in [2.05, 4.69) is 10.3 Å². The van der Waals surface area contributed by atoms with E-state index in [-0.39, 0.29) is 0 Å². The number of halogens is 1. The van der Waals surface area contributed by atoms with E-state index in [1.807, 2.05) is 0 Å². The number of pyridine rings is 1. The fraction of sp³-hybridized carbons (Fsp3) is 0.167. The maximum absolute atomic E-state index is 11.5. The van der Waals surface area contributed by atoms with Gasteiger partial charge in [0.25, 0.3) is 0 Å². The van der Waals surface area contributed by atoms with E-state index in [1.54, 1.807) is 24.5 Å². The third-order valence-electron chi connectivity index (χ3n) is 0.932. The number of anilines is 1. The molecule has 1 N–H and O–H groups in total. The lowest BCUT2D eigenvalue weighted by Crippen LogP contribution is -1.94. The van der Waals surface area contributed by atoms with Crippen LogP contribution in [0.1, 0.15) is 0 Å². The third-order valence-corrected chi connectivity index (χ3v) is 0.932. The van der Waals surface area contributed by atoms with E-state index < -0.39 is 6.80 Å². The molecule has 1 aromatic rings. The molecule has 48 valence electrons. The number of rotatable bonds is 2. The summed E-state index contributed by atoms with van der Waals surface area (Å²) in [6.07, 6.45) is 3.21. The summed E-state index contributed by atoms with van der Waals surface area (Å²) in [5, 5.41) is 2.48. The molecule has 0 atom stereocenters. The molecule has 0 unspecified atom stereocenters. The zero-order valence-electron chi connectivity index (χ0n) is 4.84. The van der Waals surface area contributed by atoms with Gasteiger partial charge in [-0.1, -0.05) is 0 Å². The van der Waals surface area contributed by atoms with E-state index >= 15 is 0 Å². The summed E-state index contributed by atoms with van der Waals surface area (Å²) in [6.45, 7) is -0.550. The van der Waals surface area contributed by atoms with E-state index in [9.17, 15) is 4.39 Å². The Balaban J connectivity index is 2.61. The molecule has 1 heterocycles. The first kappa shape index (κ1) is 6.01. The Morgan fingerprint density at radius 2 is 2.56 bits per heavy atom. The minimum absolute atomic E-state index is 0.550. The summed E-state index contributed by atoms with van der Waals surface area (Å²) in [4.78, 5) is 3.77. The van der Waals surface area contributed by atoms with Gasteiger partial charge in [-0.2, -0.15) is 0 Å². The molecule has 0 bridgehead atoms. The van der Waals surface area contributed by atoms with Crippen LogP contribution in [-0.2, 0) is 0 Å². The molecular weight excluding hydrogens is 119 g/mol. The highest BCUT2D eigenvalue weighted by molar-refractivity contribution is 5.38. The maximum Gasteiger partial charge on any atom is 0.159 e. The van der Waals surface area contributed by atoms with Gasteiger partial charge in [0, 0.05) is 12.4 Å². The van der Waals surface area contributed by atoms with Crippen LogP contribution in [0.4, 0.5) is 10.1 Å². The van der Waals surface area contributed by atoms with E-state index in [0.717, 1.165) is 0 Å². The van der Waals surface area contributed by atoms with Gasteiger partial charge < -0.3 is 5.32 Å². The van der Waals surface area contributed by atoms with Crippen molar-refractivity contribution in [3.63, 3.8) is 0 Å². The van der Waals surface area contributed by atoms with Crippen molar-refractivity contribution in [2.24, 2.45) is 0 Å². The number of alkyl halides is 1. The molecule has 0 spiro atoms. The third kappa shape index (κ3) is 1.68. The predicted octanol–water partition coefficient (Wildman–Crippen LogP) is 1.42. The minimum atomic E-state index is -0.550. The molecule has 0 aliphatic carbocycles. The average molecular weight is 126 g/mol. The normalized spacial score (nSPS) is 9.00. The lowest BCUT2D eigenvalue weighted by molar-refractivity contribution is 0.536. The van der Waals surface area contributed by atoms with Gasteiger partial charge in [0.1, 0.15) is 0 Å². The molecule has 0 saturated heterocycles. The molecule has 9 heavy (non-hydrogen) atoms. The highest BCUT2D eigenvalue weighted by Crippen LogP contribution is 2.00. The average Bonchev–Trinajstić information content (AvgIpc) is 1.91. The monoisotopic (exact) mass is 126 g/mol. The van der Waals surface area contributed by atoms with E-state index in [1.165, 1.54) is 0 Å². The Morgan fingerprint density at radius 3 is 3.11 bits per heavy atom. The van der Waals surface area contributed by atoms with Gasteiger partial charge in [-0.3, -0.25) is 4.98 Å². The van der Waals surface area contributed by atoms with Crippen molar-refractivity contribution in [3.05, 3.63) is 24.5 Å². The Morgan fingerprint density at radius 1 is 1.67 bits per heavy atom. The number of nitrogens with zero attached hydrogens (tertiary/aromatic N) is 1. The molecule has 1 aromatic heterocycles. The molecule has 0 aliphatic heterocycles. The van der Waals surface area contributed by atoms with Gasteiger partial charge in [0.2, 0.25) is 0 Å². The van der Waals surface area contributed by atoms with Crippen molar-refractivity contribution in [2.75, 3.05) is 12.1 Å². The van der Waals surface area contributed by atoms with Crippen molar-refractivity contribution < 1.29 is 4.39 Å². The Labute approximate surface area is 52.7 Å². The van der Waals surface area contributed by atoms with Crippen molar-refractivity contribution >= 4 is 5.69 Å². The molecule has 0 aromatic carbocycles. The summed E-state index contributed by atoms with van der Waals surface area (Å²) >= 11 is 0. The Hall–Kier alpha value is -1.12. The van der Waals surface area contributed by atoms with Gasteiger partial charge in [0.15, 0.2) is 6.80 Å². The second-order valence-corrected chi connectivity index (χ2v) is 1.55. The standard InChI is InChI=1S/C6H7FN2/c7-5-9-6-2-1-3-8-4-6/h1-4,9H,5H2. The molecule has 0 fully saturated rings. The maximum atomic E-state index is 11.5. The van der Waals surface area contributed by atoms with Crippen molar-refractivity contribution in [3.8, 4) is 0 Å². The molecule has 0 saturated carbocycles. The zero-order chi connectivity index (χ0) is 6.53. The summed E-state index contributed by atoms with van der Waals surface area (Å²) in [5.41, 5.74) is 0.708. The first-order valence-electron chi connectivity index (χ1n) is 2.63. The largest absolute Gasteiger partial charge is 0.357 e. The van der Waals surface area contributed by atoms with Crippen molar-refractivity contribution in [2.45, 2.75) is 0 Å². The number of aromatic nitrogens is 1. The Kier molecular flexibility index (Phi) is 2.01. The van der Waals surface area contributed by atoms with E-state index in [0.29, 0.717) is 5.69 Å². The van der Waals surface area contributed by atoms with Crippen molar-refractivity contribution in [1.29, 1.82) is 0 Å². The lowest BCUT2D eigenvalue weighted by Gasteiger charge is -1.96. The van der Waals surface area contributed by atoms with Crippen LogP contribution in [0.5, 0.6) is 0 Å². The SMILES string of the molecule is FCNc1cccnc1. The highest BCUT2D eigenvalue weighted by atomic mass is 19.1. The smallest absolute Gasteiger partial charge is 0.159 e. The fourth-order valence-corrected chi connectivity index (χ4v) is 0.544. The summed E-state index contributed by atoms with van der Waals surface area (Å²) in [5.74, 6) is 0. The van der Waals surface area contributed by atoms with Gasteiger partial charge >= 0.3 is 0 Å². The van der Waals surface area contributed by atoms with Gasteiger partial charge in [-0.15, -0.1) is 0 Å². The lowest BCUT2D eigenvalue weighted by atomic mass is 10.4. The van der Waals surface area contributed by atoms with Crippen LogP contribution in [0.3, 0.4) is 0 Å². The van der Waals surface area contributed by atoms with Crippen LogP contribution >= 0.6 is 0 Å². The summed E-state index contributed by atoms with van der Waals surface area (Å²) in [7, 11) is 0. The summed E-state index contributed by atoms with van der Waals surface area (Å²) in [6, 6.07) is 3.50. The summed E-state index contributed by atoms with van der Waals surface area (Å²) < 4.78 is 11.5. The quantitative estimate of drug-likeness (QED) is 0.606. The van der Waals surface area contributed by atoms with Crippen molar-refractivity contribution in [1.82, 2.24) is 4.98 Å². The molecule has 3 heteroatoms. The number of nitrogens with one attached hydrogen (secondary N) is 1. The first-order valence-corrected chi connectivity index (χ1v) is 2.63. The fourth-order valence-electron chi connectivity index (χ4n) is 0.544. The highest BCUT2D eigenvalue weighted by Gasteiger charge is 1.84. The number of hydrogen-bond acceptors (Lipinski definition) is 2. The second-order valence-electron chi connectivity index (χ2n) is 1.55. The minimum Gasteiger partial charge on any atom is -0.357 e. The number of hydrogen-bond donors (Lipinski definition) is 1. The molecule has 2 nitrogen and oxygen atoms in total. The first-order chi connectivity index (χ1) is 4.43. The second kappa shape index (κ2) is 3.02. The molecular formula is C6H7FN2. The zero-order valence-corrected chi connectivity index (χ0v) is 4.84. The molecule has 0 radical (unpaired) electrons. The van der Waals surface area contributed by atoms with E-state index in [4.69, 9.17) is 0 Å². The van der Waals surface area contributed by atoms with Gasteiger partial charge in [-0.05, 0) is 12.1 Å². The van der Waals surface area contributed by atoms with Gasteiger partial charge in [0.05, 0.1) is 5.69 Å². The van der Waals surface area contributed by atoms with Crippen LogP contribution in [0, 0.1) is 0 Å². The van der Waals surface area contributed by atoms with Crippen LogP contribution in [0.2, 0.25) is 0 Å². The van der Waals surface area contributed by atoms with Crippen LogP contribution < -0.4 is 5.32 Å². The van der Waals surface area contributed by atoms with Crippen LogP contribution in [-0.4, -0.2) is 11.8 Å².